The molecule has 0 aromatic carbocycles. The first-order valence-electron chi connectivity index (χ1n) is 17.1. The maximum Gasteiger partial charge on any atom is 0.305 e. The smallest absolute Gasteiger partial charge is 0.305 e. The Morgan fingerprint density at radius 1 is 0.784 bits per heavy atom. The Morgan fingerprint density at radius 2 is 1.37 bits per heavy atom. The van der Waals surface area contributed by atoms with Crippen LogP contribution in [0.3, 0.4) is 0 Å². The SMILES string of the molecule is C=CCC(NC(=O)[C@@H]1CCCN1C(=O)[C@@H](NC(=O)[C@@H](NC(=O)[C@H](CCC(=O)O)NC(=O)[C@@H](N)CC(=O)O)C(C)C)C(C)C)C(=O)C(=O)CC(C)C. The van der Waals surface area contributed by atoms with Gasteiger partial charge in [0.1, 0.15) is 24.2 Å². The predicted octanol–water partition coefficient (Wildman–Crippen LogP) is -0.344. The third-order valence-corrected chi connectivity index (χ3v) is 8.23. The minimum atomic E-state index is -1.53. The number of nitrogens with two attached hydrogens (primary N) is 1. The van der Waals surface area contributed by atoms with Gasteiger partial charge in [-0.25, -0.2) is 0 Å². The predicted molar refractivity (Wildman–Crippen MR) is 184 cm³/mol. The molecule has 0 spiro atoms. The van der Waals surface area contributed by atoms with Crippen LogP contribution in [0.4, 0.5) is 0 Å². The molecule has 286 valence electrons. The van der Waals surface area contributed by atoms with E-state index in [2.05, 4.69) is 27.8 Å². The number of ketones is 2. The molecule has 6 atom stereocenters. The van der Waals surface area contributed by atoms with Crippen LogP contribution in [0.1, 0.15) is 86.5 Å². The summed E-state index contributed by atoms with van der Waals surface area (Å²) in [5.74, 6) is -9.05. The molecule has 1 saturated heterocycles. The van der Waals surface area contributed by atoms with Gasteiger partial charge in [0, 0.05) is 19.4 Å². The van der Waals surface area contributed by atoms with E-state index in [9.17, 15) is 43.2 Å². The van der Waals surface area contributed by atoms with Crippen molar-refractivity contribution >= 4 is 53.0 Å². The number of carboxylic acid groups (broad SMARTS) is 2. The van der Waals surface area contributed by atoms with Gasteiger partial charge in [0.25, 0.3) is 0 Å². The molecule has 0 aromatic heterocycles. The fourth-order valence-electron chi connectivity index (χ4n) is 5.46. The summed E-state index contributed by atoms with van der Waals surface area (Å²) in [4.78, 5) is 115. The first-order valence-corrected chi connectivity index (χ1v) is 17.1. The van der Waals surface area contributed by atoms with Gasteiger partial charge in [0.15, 0.2) is 0 Å². The molecule has 0 bridgehead atoms. The maximum absolute atomic E-state index is 13.9. The van der Waals surface area contributed by atoms with Gasteiger partial charge in [-0.05, 0) is 43.4 Å². The number of amides is 5. The van der Waals surface area contributed by atoms with Crippen molar-refractivity contribution in [2.24, 2.45) is 23.5 Å². The number of carbonyl (C=O) groups excluding carboxylic acids is 7. The molecule has 51 heavy (non-hydrogen) atoms. The van der Waals surface area contributed by atoms with Crippen molar-refractivity contribution in [3.63, 3.8) is 0 Å². The second-order valence-corrected chi connectivity index (χ2v) is 13.8. The summed E-state index contributed by atoms with van der Waals surface area (Å²) in [5, 5.41) is 28.1. The zero-order chi connectivity index (χ0) is 39.2. The molecule has 0 radical (unpaired) electrons. The van der Waals surface area contributed by atoms with Crippen molar-refractivity contribution in [1.29, 1.82) is 0 Å². The molecule has 1 fully saturated rings. The highest BCUT2D eigenvalue weighted by Crippen LogP contribution is 2.21. The summed E-state index contributed by atoms with van der Waals surface area (Å²) in [6, 6.07) is -7.56. The first kappa shape index (κ1) is 44.4. The number of carbonyl (C=O) groups is 9. The van der Waals surface area contributed by atoms with Crippen LogP contribution in [0.25, 0.3) is 0 Å². The third kappa shape index (κ3) is 14.2. The van der Waals surface area contributed by atoms with Crippen LogP contribution in [0.2, 0.25) is 0 Å². The van der Waals surface area contributed by atoms with Crippen LogP contribution in [0.15, 0.2) is 12.7 Å². The van der Waals surface area contributed by atoms with Crippen molar-refractivity contribution < 1.29 is 53.4 Å². The fourth-order valence-corrected chi connectivity index (χ4v) is 5.46. The quantitative estimate of drug-likeness (QED) is 0.0559. The van der Waals surface area contributed by atoms with Crippen molar-refractivity contribution in [3.05, 3.63) is 12.7 Å². The lowest BCUT2D eigenvalue weighted by Crippen LogP contribution is -2.61. The molecule has 1 unspecified atom stereocenters. The topological polar surface area (TPSA) is 271 Å². The highest BCUT2D eigenvalue weighted by Gasteiger charge is 2.41. The van der Waals surface area contributed by atoms with E-state index in [1.165, 1.54) is 11.0 Å². The van der Waals surface area contributed by atoms with Gasteiger partial charge in [-0.2, -0.15) is 0 Å². The molecule has 0 aliphatic carbocycles. The summed E-state index contributed by atoms with van der Waals surface area (Å²) < 4.78 is 0. The number of hydrogen-bond donors (Lipinski definition) is 7. The minimum absolute atomic E-state index is 0.0119. The Balaban J connectivity index is 3.18. The Bertz CT molecular complexity index is 1330. The molecule has 5 amide bonds. The molecule has 0 aromatic rings. The Morgan fingerprint density at radius 3 is 1.88 bits per heavy atom. The standard InChI is InChI=1S/C34H54N6O11/c1-8-10-21(29(46)24(41)15-17(2)3)36-32(49)23-11-9-14-40(23)34(51)28(19(6)7)39-33(50)27(18(4)5)38-31(48)22(12-13-25(42)43)37-30(47)20(35)16-26(44)45/h8,17-23,27-28H,1,9-16,35H2,2-7H3,(H,36,49)(H,37,47)(H,38,48)(H,39,50)(H,42,43)(H,44,45)/t20-,21?,22-,23-,27-,28-/m0/s1. The normalized spacial score (nSPS) is 17.1. The van der Waals surface area contributed by atoms with Crippen LogP contribution < -0.4 is 27.0 Å². The molecule has 0 saturated carbocycles. The summed E-state index contributed by atoms with van der Waals surface area (Å²) in [7, 11) is 0. The lowest BCUT2D eigenvalue weighted by Gasteiger charge is -2.33. The zero-order valence-corrected chi connectivity index (χ0v) is 30.2. The van der Waals surface area contributed by atoms with Gasteiger partial charge in [-0.1, -0.05) is 47.6 Å². The number of Topliss-reactive ketones (excluding diaryl/α,β-unsaturated/α-hetero) is 2. The summed E-state index contributed by atoms with van der Waals surface area (Å²) >= 11 is 0. The number of aliphatic carboxylic acids is 2. The fraction of sp³-hybridized carbons (Fsp3) is 0.676. The third-order valence-electron chi connectivity index (χ3n) is 8.23. The van der Waals surface area contributed by atoms with Crippen molar-refractivity contribution in [2.75, 3.05) is 6.54 Å². The lowest BCUT2D eigenvalue weighted by atomic mass is 9.97. The number of nitrogens with one attached hydrogen (secondary N) is 4. The average molecular weight is 723 g/mol. The van der Waals surface area contributed by atoms with Gasteiger partial charge >= 0.3 is 11.9 Å². The average Bonchev–Trinajstić information content (AvgIpc) is 3.52. The minimum Gasteiger partial charge on any atom is -0.481 e. The van der Waals surface area contributed by atoms with Gasteiger partial charge in [-0.15, -0.1) is 6.58 Å². The lowest BCUT2D eigenvalue weighted by molar-refractivity contribution is -0.144. The molecular formula is C34H54N6O11. The number of rotatable bonds is 22. The van der Waals surface area contributed by atoms with Crippen LogP contribution in [0.5, 0.6) is 0 Å². The first-order chi connectivity index (χ1) is 23.7. The summed E-state index contributed by atoms with van der Waals surface area (Å²) in [6.45, 7) is 13.9. The van der Waals surface area contributed by atoms with Gasteiger partial charge in [-0.3, -0.25) is 43.2 Å². The van der Waals surface area contributed by atoms with E-state index < -0.39 is 120 Å². The monoisotopic (exact) mass is 722 g/mol. The molecular weight excluding hydrogens is 668 g/mol. The van der Waals surface area contributed by atoms with E-state index in [4.69, 9.17) is 15.9 Å². The van der Waals surface area contributed by atoms with Crippen molar-refractivity contribution in [3.8, 4) is 0 Å². The zero-order valence-electron chi connectivity index (χ0n) is 30.2. The largest absolute Gasteiger partial charge is 0.481 e. The number of nitrogens with zero attached hydrogens (tertiary/aromatic N) is 1. The highest BCUT2D eigenvalue weighted by atomic mass is 16.4. The van der Waals surface area contributed by atoms with Gasteiger partial charge < -0.3 is 42.1 Å². The number of hydrogen-bond acceptors (Lipinski definition) is 10. The van der Waals surface area contributed by atoms with E-state index in [0.29, 0.717) is 6.42 Å². The number of likely N-dealkylation sites (tertiary alicyclic amines) is 1. The molecule has 8 N–H and O–H groups in total. The Labute approximate surface area is 297 Å². The van der Waals surface area contributed by atoms with E-state index in [-0.39, 0.29) is 31.7 Å². The molecule has 17 heteroatoms. The van der Waals surface area contributed by atoms with Crippen LogP contribution >= 0.6 is 0 Å². The highest BCUT2D eigenvalue weighted by molar-refractivity contribution is 6.39. The van der Waals surface area contributed by atoms with Crippen molar-refractivity contribution in [1.82, 2.24) is 26.2 Å². The maximum atomic E-state index is 13.9. The molecule has 1 aliphatic heterocycles. The van der Waals surface area contributed by atoms with Crippen molar-refractivity contribution in [2.45, 2.75) is 123 Å². The van der Waals surface area contributed by atoms with Gasteiger partial charge in [0.2, 0.25) is 41.1 Å². The van der Waals surface area contributed by atoms with E-state index in [0.717, 1.165) is 0 Å². The molecule has 1 rings (SSSR count). The van der Waals surface area contributed by atoms with E-state index >= 15 is 0 Å². The Hall–Kier alpha value is -4.67. The second-order valence-electron chi connectivity index (χ2n) is 13.8. The van der Waals surface area contributed by atoms with Crippen LogP contribution in [-0.4, -0.2) is 111 Å². The Kier molecular flexibility index (Phi) is 18.2. The summed E-state index contributed by atoms with van der Waals surface area (Å²) in [6.07, 6.45) is 0.487. The molecule has 1 aliphatic rings. The summed E-state index contributed by atoms with van der Waals surface area (Å²) in [5.41, 5.74) is 5.59. The van der Waals surface area contributed by atoms with Gasteiger partial charge in [0.05, 0.1) is 18.5 Å². The van der Waals surface area contributed by atoms with E-state index in [1.807, 2.05) is 0 Å². The number of carboxylic acids is 2. The molecule has 17 nitrogen and oxygen atoms in total. The molecule has 1 heterocycles. The van der Waals surface area contributed by atoms with E-state index in [1.54, 1.807) is 41.5 Å². The second kappa shape index (κ2) is 20.9. The van der Waals surface area contributed by atoms with Crippen LogP contribution in [-0.2, 0) is 43.2 Å². The van der Waals surface area contributed by atoms with Crippen LogP contribution in [0, 0.1) is 17.8 Å².